The summed E-state index contributed by atoms with van der Waals surface area (Å²) in [5.41, 5.74) is 5.11. The van der Waals surface area contributed by atoms with Crippen LogP contribution in [0.15, 0.2) is 60.2 Å². The minimum absolute atomic E-state index is 0.611. The van der Waals surface area contributed by atoms with Crippen molar-refractivity contribution in [2.75, 3.05) is 13.7 Å². The van der Waals surface area contributed by atoms with Gasteiger partial charge in [0.05, 0.1) is 12.3 Å². The maximum absolute atomic E-state index is 10.9. The average Bonchev–Trinajstić information content (AvgIpc) is 3.27. The van der Waals surface area contributed by atoms with Gasteiger partial charge in [-0.3, -0.25) is 9.59 Å². The topological polar surface area (TPSA) is 48.3 Å². The summed E-state index contributed by atoms with van der Waals surface area (Å²) in [6, 6.07) is 17.9. The third-order valence-electron chi connectivity index (χ3n) is 4.42. The van der Waals surface area contributed by atoms with Crippen LogP contribution in [0.25, 0.3) is 17.0 Å². The summed E-state index contributed by atoms with van der Waals surface area (Å²) in [5, 5.41) is 1.09. The lowest BCUT2D eigenvalue weighted by molar-refractivity contribution is -0.104. The molecule has 1 aromatic heterocycles. The van der Waals surface area contributed by atoms with Crippen LogP contribution in [-0.2, 0) is 22.5 Å². The second kappa shape index (κ2) is 8.41. The second-order valence-corrected chi connectivity index (χ2v) is 6.10. The lowest BCUT2D eigenvalue weighted by atomic mass is 10.1. The van der Waals surface area contributed by atoms with E-state index in [9.17, 15) is 9.59 Å². The molecule has 1 aliphatic carbocycles. The number of aromatic nitrogens is 1. The van der Waals surface area contributed by atoms with Crippen molar-refractivity contribution in [1.29, 1.82) is 0 Å². The van der Waals surface area contributed by atoms with Crippen LogP contribution in [0.1, 0.15) is 21.6 Å². The van der Waals surface area contributed by atoms with Crippen LogP contribution >= 0.6 is 0 Å². The van der Waals surface area contributed by atoms with Gasteiger partial charge in [0.25, 0.3) is 0 Å². The molecule has 0 N–H and O–H groups in total. The molecule has 0 spiro atoms. The van der Waals surface area contributed by atoms with Crippen molar-refractivity contribution >= 4 is 29.6 Å². The Labute approximate surface area is 152 Å². The van der Waals surface area contributed by atoms with Crippen molar-refractivity contribution in [1.82, 2.24) is 4.57 Å². The molecule has 0 fully saturated rings. The maximum atomic E-state index is 10.9. The van der Waals surface area contributed by atoms with E-state index >= 15 is 0 Å². The van der Waals surface area contributed by atoms with Gasteiger partial charge in [-0.25, -0.2) is 0 Å². The van der Waals surface area contributed by atoms with E-state index in [4.69, 9.17) is 4.74 Å². The van der Waals surface area contributed by atoms with E-state index in [-0.39, 0.29) is 0 Å². The molecular weight excluding hydrogens is 326 g/mol. The van der Waals surface area contributed by atoms with Gasteiger partial charge in [-0.05, 0) is 34.9 Å². The summed E-state index contributed by atoms with van der Waals surface area (Å²) in [6.07, 6.45) is 4.57. The van der Waals surface area contributed by atoms with Crippen LogP contribution in [0, 0.1) is 0 Å². The standard InChI is InChI=1S/C12H13NO2.C10H8O/c1-15-7-6-13-11(9-14)8-10-4-2-3-5-12(10)13;11-7-8-5-9-3-1-2-4-10(9)6-8/h2-5,8-9H,6-7H2,1H3;1-5,7H,6H2. The molecule has 0 aliphatic heterocycles. The smallest absolute Gasteiger partial charge is 0.166 e. The second-order valence-electron chi connectivity index (χ2n) is 6.10. The molecule has 0 radical (unpaired) electrons. The quantitative estimate of drug-likeness (QED) is 0.657. The summed E-state index contributed by atoms with van der Waals surface area (Å²) >= 11 is 0. The number of carbonyl (C=O) groups excluding carboxylic acids is 2. The van der Waals surface area contributed by atoms with Crippen molar-refractivity contribution in [3.8, 4) is 0 Å². The number of allylic oxidation sites excluding steroid dienone is 1. The molecule has 26 heavy (non-hydrogen) atoms. The normalized spacial score (nSPS) is 12.1. The van der Waals surface area contributed by atoms with E-state index in [2.05, 4.69) is 6.07 Å². The molecule has 0 saturated carbocycles. The highest BCUT2D eigenvalue weighted by atomic mass is 16.5. The van der Waals surface area contributed by atoms with Gasteiger partial charge in [-0.15, -0.1) is 0 Å². The summed E-state index contributed by atoms with van der Waals surface area (Å²) in [4.78, 5) is 21.3. The first kappa shape index (κ1) is 17.8. The predicted molar refractivity (Wildman–Crippen MR) is 103 cm³/mol. The zero-order valence-electron chi connectivity index (χ0n) is 14.7. The molecular formula is C22H21NO3. The molecule has 0 saturated heterocycles. The van der Waals surface area contributed by atoms with E-state index in [1.807, 2.05) is 59.2 Å². The van der Waals surface area contributed by atoms with Crippen LogP contribution in [0.3, 0.4) is 0 Å². The first-order valence-corrected chi connectivity index (χ1v) is 8.53. The number of carbonyl (C=O) groups is 2. The Morgan fingerprint density at radius 3 is 2.54 bits per heavy atom. The third-order valence-corrected chi connectivity index (χ3v) is 4.42. The van der Waals surface area contributed by atoms with Crippen molar-refractivity contribution in [3.05, 3.63) is 77.0 Å². The van der Waals surface area contributed by atoms with Gasteiger partial charge in [0.1, 0.15) is 6.29 Å². The number of rotatable bonds is 5. The first-order valence-electron chi connectivity index (χ1n) is 8.53. The molecule has 0 unspecified atom stereocenters. The van der Waals surface area contributed by atoms with Gasteiger partial charge in [0.15, 0.2) is 6.29 Å². The van der Waals surface area contributed by atoms with Crippen molar-refractivity contribution in [2.45, 2.75) is 13.0 Å². The van der Waals surface area contributed by atoms with Crippen LogP contribution in [0.2, 0.25) is 0 Å². The fraction of sp³-hybridized carbons (Fsp3) is 0.182. The maximum Gasteiger partial charge on any atom is 0.166 e. The Bertz CT molecular complexity index is 953. The summed E-state index contributed by atoms with van der Waals surface area (Å²) < 4.78 is 7.00. The van der Waals surface area contributed by atoms with Crippen molar-refractivity contribution in [2.24, 2.45) is 0 Å². The van der Waals surface area contributed by atoms with Crippen LogP contribution in [0.5, 0.6) is 0 Å². The Kier molecular flexibility index (Phi) is 5.77. The zero-order valence-corrected chi connectivity index (χ0v) is 14.7. The SMILES string of the molecule is COCCn1c(C=O)cc2ccccc21.O=CC1=Cc2ccccc2C1. The molecule has 4 heteroatoms. The van der Waals surface area contributed by atoms with Gasteiger partial charge in [0.2, 0.25) is 0 Å². The fourth-order valence-corrected chi connectivity index (χ4v) is 3.14. The minimum Gasteiger partial charge on any atom is -0.383 e. The minimum atomic E-state index is 0.611. The number of nitrogens with zero attached hydrogens (tertiary/aromatic N) is 1. The highest BCUT2D eigenvalue weighted by Crippen LogP contribution is 2.22. The number of methoxy groups -OCH3 is 1. The van der Waals surface area contributed by atoms with E-state index in [1.54, 1.807) is 7.11 Å². The molecule has 4 nitrogen and oxygen atoms in total. The fourth-order valence-electron chi connectivity index (χ4n) is 3.14. The van der Waals surface area contributed by atoms with Gasteiger partial charge < -0.3 is 9.30 Å². The molecule has 0 bridgehead atoms. The molecule has 1 aliphatic rings. The number of para-hydroxylation sites is 1. The molecule has 3 aromatic rings. The number of hydrogen-bond acceptors (Lipinski definition) is 3. The Morgan fingerprint density at radius 2 is 1.81 bits per heavy atom. The Balaban J connectivity index is 0.000000158. The average molecular weight is 347 g/mol. The first-order chi connectivity index (χ1) is 12.8. The van der Waals surface area contributed by atoms with E-state index in [1.165, 1.54) is 11.1 Å². The summed E-state index contributed by atoms with van der Waals surface area (Å²) in [6.45, 7) is 1.32. The molecule has 0 amide bonds. The Hall–Kier alpha value is -2.98. The molecule has 132 valence electrons. The van der Waals surface area contributed by atoms with Crippen LogP contribution in [0.4, 0.5) is 0 Å². The van der Waals surface area contributed by atoms with E-state index < -0.39 is 0 Å². The number of aldehydes is 2. The molecule has 4 rings (SSSR count). The largest absolute Gasteiger partial charge is 0.383 e. The summed E-state index contributed by atoms with van der Waals surface area (Å²) in [5.74, 6) is 0. The van der Waals surface area contributed by atoms with Crippen LogP contribution < -0.4 is 0 Å². The van der Waals surface area contributed by atoms with E-state index in [0.29, 0.717) is 18.8 Å². The van der Waals surface area contributed by atoms with Gasteiger partial charge in [-0.1, -0.05) is 42.5 Å². The number of fused-ring (bicyclic) bond motifs is 2. The van der Waals surface area contributed by atoms with Crippen LogP contribution in [-0.4, -0.2) is 30.9 Å². The van der Waals surface area contributed by atoms with Gasteiger partial charge >= 0.3 is 0 Å². The summed E-state index contributed by atoms with van der Waals surface area (Å²) in [7, 11) is 1.66. The number of ether oxygens (including phenoxy) is 1. The molecule has 2 aromatic carbocycles. The monoisotopic (exact) mass is 347 g/mol. The van der Waals surface area contributed by atoms with Crippen molar-refractivity contribution in [3.63, 3.8) is 0 Å². The Morgan fingerprint density at radius 1 is 1.04 bits per heavy atom. The zero-order chi connectivity index (χ0) is 18.4. The third kappa shape index (κ3) is 3.81. The number of benzene rings is 2. The molecule has 0 atom stereocenters. The van der Waals surface area contributed by atoms with E-state index in [0.717, 1.165) is 35.5 Å². The van der Waals surface area contributed by atoms with Gasteiger partial charge in [-0.2, -0.15) is 0 Å². The van der Waals surface area contributed by atoms with Crippen molar-refractivity contribution < 1.29 is 14.3 Å². The lowest BCUT2D eigenvalue weighted by Gasteiger charge is -2.06. The highest BCUT2D eigenvalue weighted by molar-refractivity contribution is 5.89. The lowest BCUT2D eigenvalue weighted by Crippen LogP contribution is -2.06. The van der Waals surface area contributed by atoms with Gasteiger partial charge in [0, 0.05) is 31.0 Å². The molecule has 1 heterocycles. The highest BCUT2D eigenvalue weighted by Gasteiger charge is 2.09. The number of hydrogen-bond donors (Lipinski definition) is 0. The predicted octanol–water partition coefficient (Wildman–Crippen LogP) is 3.93.